The maximum atomic E-state index is 12.3. The third-order valence-corrected chi connectivity index (χ3v) is 4.30. The minimum atomic E-state index is -0.254. The Hall–Kier alpha value is -2.04. The summed E-state index contributed by atoms with van der Waals surface area (Å²) in [6, 6.07) is 7.78. The van der Waals surface area contributed by atoms with Gasteiger partial charge in [-0.05, 0) is 19.4 Å². The highest BCUT2D eigenvalue weighted by Gasteiger charge is 2.35. The van der Waals surface area contributed by atoms with Gasteiger partial charge in [0.15, 0.2) is 0 Å². The molecule has 5 heteroatoms. The molecule has 1 N–H and O–H groups in total. The van der Waals surface area contributed by atoms with Crippen LogP contribution in [0.4, 0.5) is 0 Å². The lowest BCUT2D eigenvalue weighted by Gasteiger charge is -2.23. The van der Waals surface area contributed by atoms with Gasteiger partial charge in [0.05, 0.1) is 13.0 Å². The van der Waals surface area contributed by atoms with Gasteiger partial charge in [-0.2, -0.15) is 0 Å². The van der Waals surface area contributed by atoms with E-state index in [4.69, 9.17) is 4.74 Å². The summed E-state index contributed by atoms with van der Waals surface area (Å²) in [5.74, 6) is 0.514. The second-order valence-electron chi connectivity index (χ2n) is 5.73. The maximum Gasteiger partial charge on any atom is 0.225 e. The van der Waals surface area contributed by atoms with Crippen LogP contribution < -0.4 is 10.1 Å². The average Bonchev–Trinajstić information content (AvgIpc) is 2.94. The minimum Gasteiger partial charge on any atom is -0.496 e. The largest absolute Gasteiger partial charge is 0.496 e. The molecule has 0 spiro atoms. The first kappa shape index (κ1) is 16.3. The molecule has 1 aromatic rings. The van der Waals surface area contributed by atoms with Gasteiger partial charge in [-0.3, -0.25) is 9.59 Å². The Labute approximate surface area is 131 Å². The van der Waals surface area contributed by atoms with Gasteiger partial charge in [0, 0.05) is 31.1 Å². The van der Waals surface area contributed by atoms with Gasteiger partial charge in [-0.15, -0.1) is 0 Å². The van der Waals surface area contributed by atoms with E-state index in [1.807, 2.05) is 43.0 Å². The molecule has 1 aromatic carbocycles. The number of nitrogens with one attached hydrogen (secondary N) is 1. The van der Waals surface area contributed by atoms with Gasteiger partial charge in [0.25, 0.3) is 0 Å². The highest BCUT2D eigenvalue weighted by molar-refractivity contribution is 5.89. The van der Waals surface area contributed by atoms with Gasteiger partial charge in [-0.25, -0.2) is 0 Å². The fourth-order valence-electron chi connectivity index (χ4n) is 2.73. The highest BCUT2D eigenvalue weighted by Crippen LogP contribution is 2.22. The van der Waals surface area contributed by atoms with E-state index in [0.29, 0.717) is 19.5 Å². The number of carbonyl (C=O) groups excluding carboxylic acids is 2. The van der Waals surface area contributed by atoms with Crippen LogP contribution >= 0.6 is 0 Å². The van der Waals surface area contributed by atoms with E-state index < -0.39 is 0 Å². The lowest BCUT2D eigenvalue weighted by atomic mass is 10.1. The van der Waals surface area contributed by atoms with Gasteiger partial charge < -0.3 is 15.0 Å². The van der Waals surface area contributed by atoms with Crippen molar-refractivity contribution in [2.45, 2.75) is 39.3 Å². The summed E-state index contributed by atoms with van der Waals surface area (Å²) in [5, 5.41) is 2.92. The number of likely N-dealkylation sites (tertiary alicyclic amines) is 1. The van der Waals surface area contributed by atoms with Crippen LogP contribution in [0.25, 0.3) is 0 Å². The molecule has 5 nitrogen and oxygen atoms in total. The highest BCUT2D eigenvalue weighted by atomic mass is 16.5. The summed E-state index contributed by atoms with van der Waals surface area (Å²) in [6.45, 7) is 5.00. The molecule has 1 aliphatic rings. The monoisotopic (exact) mass is 304 g/mol. The quantitative estimate of drug-likeness (QED) is 0.874. The molecule has 2 atom stereocenters. The number of benzene rings is 1. The molecule has 0 bridgehead atoms. The van der Waals surface area contributed by atoms with Crippen LogP contribution in [-0.2, 0) is 16.1 Å². The smallest absolute Gasteiger partial charge is 0.225 e. The summed E-state index contributed by atoms with van der Waals surface area (Å²) >= 11 is 0. The Bertz CT molecular complexity index is 544. The summed E-state index contributed by atoms with van der Waals surface area (Å²) in [6.07, 6.45) is 1.21. The zero-order valence-electron chi connectivity index (χ0n) is 13.5. The van der Waals surface area contributed by atoms with Crippen LogP contribution in [0.5, 0.6) is 5.75 Å². The van der Waals surface area contributed by atoms with Gasteiger partial charge in [0.1, 0.15) is 5.75 Å². The van der Waals surface area contributed by atoms with Crippen molar-refractivity contribution in [3.8, 4) is 5.75 Å². The van der Waals surface area contributed by atoms with Crippen molar-refractivity contribution in [1.29, 1.82) is 0 Å². The number of amides is 2. The molecule has 0 saturated carbocycles. The second kappa shape index (κ2) is 7.29. The number of rotatable bonds is 6. The van der Waals surface area contributed by atoms with Crippen molar-refractivity contribution in [2.24, 2.45) is 5.92 Å². The number of hydrogen-bond acceptors (Lipinski definition) is 3. The molecule has 2 amide bonds. The molecule has 2 unspecified atom stereocenters. The second-order valence-corrected chi connectivity index (χ2v) is 5.73. The number of nitrogens with zero attached hydrogens (tertiary/aromatic N) is 1. The molecule has 1 saturated heterocycles. The summed E-state index contributed by atoms with van der Waals surface area (Å²) in [5.41, 5.74) is 0.932. The SMILES string of the molecule is CCC(C)N1CC(C(=O)NCc2ccccc2OC)CC1=O. The van der Waals surface area contributed by atoms with Crippen LogP contribution in [0.15, 0.2) is 24.3 Å². The molecule has 1 fully saturated rings. The van der Waals surface area contributed by atoms with E-state index in [2.05, 4.69) is 5.32 Å². The first-order valence-corrected chi connectivity index (χ1v) is 7.75. The standard InChI is InChI=1S/C17H24N2O3/c1-4-12(2)19-11-14(9-16(19)20)17(21)18-10-13-7-5-6-8-15(13)22-3/h5-8,12,14H,4,9-11H2,1-3H3,(H,18,21). The Balaban J connectivity index is 1.92. The van der Waals surface area contributed by atoms with Gasteiger partial charge >= 0.3 is 0 Å². The van der Waals surface area contributed by atoms with Crippen LogP contribution in [0.2, 0.25) is 0 Å². The molecule has 0 aliphatic carbocycles. The molecule has 120 valence electrons. The first-order chi connectivity index (χ1) is 10.6. The Morgan fingerprint density at radius 3 is 2.86 bits per heavy atom. The van der Waals surface area contributed by atoms with Crippen LogP contribution in [0.1, 0.15) is 32.3 Å². The predicted molar refractivity (Wildman–Crippen MR) is 84.4 cm³/mol. The Kier molecular flexibility index (Phi) is 5.41. The number of methoxy groups -OCH3 is 1. The fourth-order valence-corrected chi connectivity index (χ4v) is 2.73. The first-order valence-electron chi connectivity index (χ1n) is 7.75. The van der Waals surface area contributed by atoms with Crippen LogP contribution in [-0.4, -0.2) is 36.4 Å². The summed E-state index contributed by atoms with van der Waals surface area (Å²) in [7, 11) is 1.61. The van der Waals surface area contributed by atoms with E-state index in [0.717, 1.165) is 17.7 Å². The lowest BCUT2D eigenvalue weighted by molar-refractivity contribution is -0.130. The summed E-state index contributed by atoms with van der Waals surface area (Å²) < 4.78 is 5.27. The average molecular weight is 304 g/mol. The van der Waals surface area contributed by atoms with E-state index in [9.17, 15) is 9.59 Å². The molecule has 22 heavy (non-hydrogen) atoms. The van der Waals surface area contributed by atoms with E-state index in [1.54, 1.807) is 7.11 Å². The van der Waals surface area contributed by atoms with Crippen molar-refractivity contribution in [1.82, 2.24) is 10.2 Å². The zero-order chi connectivity index (χ0) is 16.1. The lowest BCUT2D eigenvalue weighted by Crippen LogP contribution is -2.36. The van der Waals surface area contributed by atoms with E-state index in [1.165, 1.54) is 0 Å². The fraction of sp³-hybridized carbons (Fsp3) is 0.529. The molecule has 2 rings (SSSR count). The van der Waals surface area contributed by atoms with Crippen LogP contribution in [0, 0.1) is 5.92 Å². The molecule has 1 heterocycles. The molecule has 0 radical (unpaired) electrons. The third kappa shape index (κ3) is 3.59. The Morgan fingerprint density at radius 2 is 2.18 bits per heavy atom. The van der Waals surface area contributed by atoms with Gasteiger partial charge in [0.2, 0.25) is 11.8 Å². The normalized spacial score (nSPS) is 19.1. The van der Waals surface area contributed by atoms with Crippen molar-refractivity contribution in [3.05, 3.63) is 29.8 Å². The number of ether oxygens (including phenoxy) is 1. The Morgan fingerprint density at radius 1 is 1.45 bits per heavy atom. The summed E-state index contributed by atoms with van der Waals surface area (Å²) in [4.78, 5) is 26.1. The van der Waals surface area contributed by atoms with Gasteiger partial charge in [-0.1, -0.05) is 25.1 Å². The molecule has 0 aromatic heterocycles. The van der Waals surface area contributed by atoms with E-state index >= 15 is 0 Å². The number of hydrogen-bond donors (Lipinski definition) is 1. The van der Waals surface area contributed by atoms with Crippen molar-refractivity contribution in [2.75, 3.05) is 13.7 Å². The van der Waals surface area contributed by atoms with Crippen molar-refractivity contribution in [3.63, 3.8) is 0 Å². The zero-order valence-corrected chi connectivity index (χ0v) is 13.5. The van der Waals surface area contributed by atoms with Crippen molar-refractivity contribution >= 4 is 11.8 Å². The maximum absolute atomic E-state index is 12.3. The minimum absolute atomic E-state index is 0.0648. The number of carbonyl (C=O) groups is 2. The molecular formula is C17H24N2O3. The van der Waals surface area contributed by atoms with Crippen molar-refractivity contribution < 1.29 is 14.3 Å². The molecule has 1 aliphatic heterocycles. The predicted octanol–water partition coefficient (Wildman–Crippen LogP) is 1.96. The number of para-hydroxylation sites is 1. The third-order valence-electron chi connectivity index (χ3n) is 4.30. The topological polar surface area (TPSA) is 58.6 Å². The molecular weight excluding hydrogens is 280 g/mol. The van der Waals surface area contributed by atoms with Crippen LogP contribution in [0.3, 0.4) is 0 Å². The van der Waals surface area contributed by atoms with E-state index in [-0.39, 0.29) is 23.8 Å².